The molecule has 0 unspecified atom stereocenters. The number of nitrogens with one attached hydrogen (secondary N) is 2. The zero-order valence-electron chi connectivity index (χ0n) is 17.1. The fourth-order valence-electron chi connectivity index (χ4n) is 3.72. The molecule has 4 rings (SSSR count). The van der Waals surface area contributed by atoms with E-state index in [0.717, 1.165) is 27.5 Å². The second-order valence-electron chi connectivity index (χ2n) is 7.39. The van der Waals surface area contributed by atoms with Crippen molar-refractivity contribution in [2.24, 2.45) is 0 Å². The molecule has 0 radical (unpaired) electrons. The molecule has 1 saturated heterocycles. The normalized spacial score (nSPS) is 13.5. The molecule has 1 aliphatic heterocycles. The Balaban J connectivity index is 1.54. The Morgan fingerprint density at radius 3 is 2.52 bits per heavy atom. The Labute approximate surface area is 184 Å². The molecule has 31 heavy (non-hydrogen) atoms. The number of hydrogen-bond donors (Lipinski definition) is 2. The predicted octanol–water partition coefficient (Wildman–Crippen LogP) is 4.05. The molecule has 3 aromatic rings. The Kier molecular flexibility index (Phi) is 5.52. The van der Waals surface area contributed by atoms with Crippen LogP contribution in [0, 0.1) is 13.8 Å². The van der Waals surface area contributed by atoms with Crippen molar-refractivity contribution < 1.29 is 14.4 Å². The van der Waals surface area contributed by atoms with Gasteiger partial charge in [-0.3, -0.25) is 14.5 Å². The second kappa shape index (κ2) is 8.28. The van der Waals surface area contributed by atoms with Gasteiger partial charge in [-0.05, 0) is 61.9 Å². The predicted molar refractivity (Wildman–Crippen MR) is 119 cm³/mol. The van der Waals surface area contributed by atoms with E-state index >= 15 is 0 Å². The molecule has 0 atom stereocenters. The van der Waals surface area contributed by atoms with Crippen LogP contribution in [0.1, 0.15) is 27.3 Å². The summed E-state index contributed by atoms with van der Waals surface area (Å²) in [5.41, 5.74) is 4.56. The Morgan fingerprint density at radius 1 is 1.10 bits per heavy atom. The highest BCUT2D eigenvalue weighted by atomic mass is 35.5. The molecule has 7 nitrogen and oxygen atoms in total. The van der Waals surface area contributed by atoms with E-state index < -0.39 is 6.03 Å². The molecule has 0 spiro atoms. The number of halogens is 1. The van der Waals surface area contributed by atoms with Gasteiger partial charge >= 0.3 is 6.03 Å². The number of carbonyl (C=O) groups is 3. The van der Waals surface area contributed by atoms with Crippen molar-refractivity contribution in [1.29, 1.82) is 0 Å². The Bertz CT molecular complexity index is 1170. The van der Waals surface area contributed by atoms with Crippen molar-refractivity contribution in [3.63, 3.8) is 0 Å². The van der Waals surface area contributed by atoms with E-state index in [4.69, 9.17) is 11.6 Å². The van der Waals surface area contributed by atoms with Crippen LogP contribution in [0.3, 0.4) is 0 Å². The molecule has 2 N–H and O–H groups in total. The number of urea groups is 1. The number of rotatable bonds is 5. The number of aromatic nitrogens is 1. The molecule has 8 heteroatoms. The molecule has 0 bridgehead atoms. The molecule has 4 amide bonds. The third-order valence-corrected chi connectivity index (χ3v) is 5.48. The molecule has 2 heterocycles. The fraction of sp³-hybridized carbons (Fsp3) is 0.174. The summed E-state index contributed by atoms with van der Waals surface area (Å²) in [7, 11) is 0. The minimum Gasteiger partial charge on any atom is -0.329 e. The summed E-state index contributed by atoms with van der Waals surface area (Å²) >= 11 is 5.99. The SMILES string of the molecule is Cc1cc(C(=O)Nc2cccc(CN3C(=O)CNC3=O)c2)c(C)n1-c1ccc(Cl)cc1. The summed E-state index contributed by atoms with van der Waals surface area (Å²) in [6.07, 6.45) is 0. The smallest absolute Gasteiger partial charge is 0.324 e. The summed E-state index contributed by atoms with van der Waals surface area (Å²) in [4.78, 5) is 37.7. The van der Waals surface area contributed by atoms with Gasteiger partial charge in [0.15, 0.2) is 0 Å². The molecule has 0 saturated carbocycles. The van der Waals surface area contributed by atoms with Gasteiger partial charge in [-0.2, -0.15) is 0 Å². The van der Waals surface area contributed by atoms with Crippen molar-refractivity contribution in [2.75, 3.05) is 11.9 Å². The average molecular weight is 437 g/mol. The van der Waals surface area contributed by atoms with Crippen LogP contribution < -0.4 is 10.6 Å². The van der Waals surface area contributed by atoms with E-state index in [1.54, 1.807) is 24.3 Å². The standard InChI is InChI=1S/C23H21ClN4O3/c1-14-10-20(15(2)28(14)19-8-6-17(24)7-9-19)22(30)26-18-5-3-4-16(11-18)13-27-21(29)12-25-23(27)31/h3-11H,12-13H2,1-2H3,(H,25,31)(H,26,30). The van der Waals surface area contributed by atoms with Crippen LogP contribution in [-0.2, 0) is 11.3 Å². The van der Waals surface area contributed by atoms with Crippen LogP contribution in [0.4, 0.5) is 10.5 Å². The van der Waals surface area contributed by atoms with Gasteiger partial charge < -0.3 is 15.2 Å². The van der Waals surface area contributed by atoms with Crippen LogP contribution in [-0.4, -0.2) is 33.9 Å². The molecular weight excluding hydrogens is 416 g/mol. The summed E-state index contributed by atoms with van der Waals surface area (Å²) in [5.74, 6) is -0.505. The van der Waals surface area contributed by atoms with E-state index in [-0.39, 0.29) is 24.9 Å². The third-order valence-electron chi connectivity index (χ3n) is 5.22. The van der Waals surface area contributed by atoms with E-state index in [1.165, 1.54) is 0 Å². The number of aryl methyl sites for hydroxylation is 1. The molecule has 1 aromatic heterocycles. The van der Waals surface area contributed by atoms with Gasteiger partial charge in [-0.15, -0.1) is 0 Å². The van der Waals surface area contributed by atoms with Crippen LogP contribution >= 0.6 is 11.6 Å². The van der Waals surface area contributed by atoms with E-state index in [9.17, 15) is 14.4 Å². The summed E-state index contributed by atoms with van der Waals surface area (Å²) in [6, 6.07) is 16.0. The first-order valence-corrected chi connectivity index (χ1v) is 10.1. The van der Waals surface area contributed by atoms with E-state index in [0.29, 0.717) is 16.3 Å². The van der Waals surface area contributed by atoms with Crippen LogP contribution in [0.15, 0.2) is 54.6 Å². The van der Waals surface area contributed by atoms with Gasteiger partial charge in [0.05, 0.1) is 18.7 Å². The monoisotopic (exact) mass is 436 g/mol. The van der Waals surface area contributed by atoms with Gasteiger partial charge in [0, 0.05) is 27.8 Å². The topological polar surface area (TPSA) is 83.4 Å². The van der Waals surface area contributed by atoms with Crippen LogP contribution in [0.25, 0.3) is 5.69 Å². The summed E-state index contributed by atoms with van der Waals surface area (Å²) in [6.45, 7) is 4.00. The van der Waals surface area contributed by atoms with Gasteiger partial charge in [0.1, 0.15) is 0 Å². The number of anilines is 1. The van der Waals surface area contributed by atoms with E-state index in [1.807, 2.05) is 48.7 Å². The minimum absolute atomic E-state index is 0.0124. The Morgan fingerprint density at radius 2 is 1.84 bits per heavy atom. The minimum atomic E-state index is -0.408. The highest BCUT2D eigenvalue weighted by molar-refractivity contribution is 6.30. The van der Waals surface area contributed by atoms with Crippen molar-refractivity contribution in [3.8, 4) is 5.69 Å². The van der Waals surface area contributed by atoms with Gasteiger partial charge in [0.25, 0.3) is 5.91 Å². The number of benzene rings is 2. The maximum Gasteiger partial charge on any atom is 0.324 e. The second-order valence-corrected chi connectivity index (χ2v) is 7.83. The molecule has 1 aliphatic rings. The summed E-state index contributed by atoms with van der Waals surface area (Å²) < 4.78 is 2.00. The van der Waals surface area contributed by atoms with Crippen LogP contribution in [0.5, 0.6) is 0 Å². The number of imide groups is 1. The molecule has 0 aliphatic carbocycles. The molecular formula is C23H21ClN4O3. The van der Waals surface area contributed by atoms with Crippen molar-refractivity contribution in [1.82, 2.24) is 14.8 Å². The zero-order valence-corrected chi connectivity index (χ0v) is 17.9. The largest absolute Gasteiger partial charge is 0.329 e. The van der Waals surface area contributed by atoms with Crippen molar-refractivity contribution in [2.45, 2.75) is 20.4 Å². The van der Waals surface area contributed by atoms with Gasteiger partial charge in [0.2, 0.25) is 5.91 Å². The maximum atomic E-state index is 13.0. The maximum absolute atomic E-state index is 13.0. The lowest BCUT2D eigenvalue weighted by Crippen LogP contribution is -2.30. The quantitative estimate of drug-likeness (QED) is 0.592. The lowest BCUT2D eigenvalue weighted by Gasteiger charge is -2.13. The number of nitrogens with zero attached hydrogens (tertiary/aromatic N) is 2. The van der Waals surface area contributed by atoms with Crippen LogP contribution in [0.2, 0.25) is 5.02 Å². The lowest BCUT2D eigenvalue weighted by atomic mass is 10.1. The first-order chi connectivity index (χ1) is 14.8. The third kappa shape index (κ3) is 4.18. The average Bonchev–Trinajstić information content (AvgIpc) is 3.22. The number of carbonyl (C=O) groups excluding carboxylic acids is 3. The highest BCUT2D eigenvalue weighted by Crippen LogP contribution is 2.23. The van der Waals surface area contributed by atoms with Gasteiger partial charge in [-0.1, -0.05) is 23.7 Å². The van der Waals surface area contributed by atoms with Gasteiger partial charge in [-0.25, -0.2) is 4.79 Å². The van der Waals surface area contributed by atoms with E-state index in [2.05, 4.69) is 10.6 Å². The fourth-order valence-corrected chi connectivity index (χ4v) is 3.85. The lowest BCUT2D eigenvalue weighted by molar-refractivity contribution is -0.125. The Hall–Kier alpha value is -3.58. The highest BCUT2D eigenvalue weighted by Gasteiger charge is 2.28. The number of hydrogen-bond acceptors (Lipinski definition) is 3. The molecule has 2 aromatic carbocycles. The first kappa shape index (κ1) is 20.7. The zero-order chi connectivity index (χ0) is 22.1. The van der Waals surface area contributed by atoms with Crippen molar-refractivity contribution in [3.05, 3.63) is 82.1 Å². The molecule has 158 valence electrons. The summed E-state index contributed by atoms with van der Waals surface area (Å²) in [5, 5.41) is 6.06. The van der Waals surface area contributed by atoms with Crippen molar-refractivity contribution >= 4 is 35.1 Å². The molecule has 1 fully saturated rings. The number of amides is 4. The first-order valence-electron chi connectivity index (χ1n) is 9.77.